The third-order valence-electron chi connectivity index (χ3n) is 3.13. The van der Waals surface area contributed by atoms with Gasteiger partial charge in [0.2, 0.25) is 0 Å². The minimum absolute atomic E-state index is 0.588. The molecule has 0 aliphatic heterocycles. The van der Waals surface area contributed by atoms with Crippen LogP contribution in [0.2, 0.25) is 0 Å². The summed E-state index contributed by atoms with van der Waals surface area (Å²) in [5.41, 5.74) is 0. The minimum Gasteiger partial charge on any atom is -0.230 e. The summed E-state index contributed by atoms with van der Waals surface area (Å²) >= 11 is -3.68. The first-order chi connectivity index (χ1) is 12.7. The van der Waals surface area contributed by atoms with Gasteiger partial charge in [0.05, 0.1) is 0 Å². The first-order valence-corrected chi connectivity index (χ1v) is 7.74. The molecule has 0 aromatic heterocycles. The van der Waals surface area contributed by atoms with Gasteiger partial charge >= 0.3 is 47.8 Å². The third kappa shape index (κ3) is 3.81. The van der Waals surface area contributed by atoms with E-state index in [1.54, 1.807) is 0 Å². The van der Waals surface area contributed by atoms with Crippen LogP contribution < -0.4 is 0 Å². The number of hydrogen-bond acceptors (Lipinski definition) is 2. The molecule has 0 aliphatic rings. The lowest BCUT2D eigenvalue weighted by Gasteiger charge is -2.42. The Bertz CT molecular complexity index is 651. The van der Waals surface area contributed by atoms with Gasteiger partial charge in [-0.25, -0.2) is 8.39 Å². The topological polar surface area (TPSA) is 26.3 Å². The molecule has 0 amide bonds. The van der Waals surface area contributed by atoms with Gasteiger partial charge in [-0.1, -0.05) is 6.92 Å². The minimum atomic E-state index is -8.70. The van der Waals surface area contributed by atoms with Crippen LogP contribution in [-0.4, -0.2) is 57.8 Å². The van der Waals surface area contributed by atoms with Crippen molar-refractivity contribution >= 4 is 11.1 Å². The third-order valence-corrected chi connectivity index (χ3v) is 3.99. The molecule has 0 N–H and O–H groups in total. The van der Waals surface area contributed by atoms with E-state index in [1.165, 1.54) is 0 Å². The van der Waals surface area contributed by atoms with Crippen LogP contribution in [0.4, 0.5) is 74.6 Å². The Kier molecular flexibility index (Phi) is 7.24. The summed E-state index contributed by atoms with van der Waals surface area (Å²) in [6.07, 6.45) is -14.9. The maximum atomic E-state index is 13.2. The van der Waals surface area contributed by atoms with Crippen LogP contribution in [0.25, 0.3) is 0 Å². The lowest BCUT2D eigenvalue weighted by atomic mass is 9.91. The highest BCUT2D eigenvalue weighted by atomic mass is 32.2. The summed E-state index contributed by atoms with van der Waals surface area (Å²) in [6, 6.07) is 0. The standard InChI is InChI=1S/C10H5F17O2S/c1-2-30(28)29-10(26,27)8(21,22)6(17,18)4(13,14)3(11,12)5(15,16)7(19,20)9(23,24)25/h2H2,1H3. The quantitative estimate of drug-likeness (QED) is 0.374. The molecule has 0 aliphatic carbocycles. The van der Waals surface area contributed by atoms with Crippen molar-refractivity contribution in [1.82, 2.24) is 0 Å². The maximum Gasteiger partial charge on any atom is 0.460 e. The molecule has 0 heterocycles. The average Bonchev–Trinajstić information content (AvgIpc) is 2.51. The van der Waals surface area contributed by atoms with Crippen LogP contribution in [-0.2, 0) is 15.3 Å². The van der Waals surface area contributed by atoms with Crippen molar-refractivity contribution in [2.24, 2.45) is 0 Å². The highest BCUT2D eigenvalue weighted by molar-refractivity contribution is 7.80. The molecule has 0 saturated heterocycles. The van der Waals surface area contributed by atoms with Crippen LogP contribution >= 0.6 is 0 Å². The van der Waals surface area contributed by atoms with Crippen LogP contribution in [0.3, 0.4) is 0 Å². The number of rotatable bonds is 9. The largest absolute Gasteiger partial charge is 0.460 e. The van der Waals surface area contributed by atoms with Crippen LogP contribution in [0, 0.1) is 0 Å². The van der Waals surface area contributed by atoms with E-state index >= 15 is 0 Å². The Morgan fingerprint density at radius 1 is 0.533 bits per heavy atom. The van der Waals surface area contributed by atoms with E-state index in [1.807, 2.05) is 0 Å². The molecule has 0 fully saturated rings. The molecule has 30 heavy (non-hydrogen) atoms. The smallest absolute Gasteiger partial charge is 0.230 e. The summed E-state index contributed by atoms with van der Waals surface area (Å²) in [5.74, 6) is -51.8. The fourth-order valence-electron chi connectivity index (χ4n) is 1.38. The predicted octanol–water partition coefficient (Wildman–Crippen LogP) is 5.65. The van der Waals surface area contributed by atoms with E-state index in [-0.39, 0.29) is 0 Å². The number of halogens is 17. The van der Waals surface area contributed by atoms with E-state index in [0.29, 0.717) is 6.92 Å². The molecular weight excluding hydrogens is 507 g/mol. The molecule has 0 spiro atoms. The van der Waals surface area contributed by atoms with Gasteiger partial charge in [0.15, 0.2) is 11.1 Å². The van der Waals surface area contributed by atoms with E-state index in [2.05, 4.69) is 4.18 Å². The van der Waals surface area contributed by atoms with Gasteiger partial charge in [-0.2, -0.15) is 74.6 Å². The number of alkyl halides is 17. The number of hydrogen-bond donors (Lipinski definition) is 0. The van der Waals surface area contributed by atoms with Crippen LogP contribution in [0.5, 0.6) is 0 Å². The Labute approximate surface area is 156 Å². The molecule has 0 saturated carbocycles. The van der Waals surface area contributed by atoms with E-state index in [9.17, 15) is 78.8 Å². The zero-order valence-electron chi connectivity index (χ0n) is 13.4. The maximum absolute atomic E-state index is 13.2. The predicted molar refractivity (Wildman–Crippen MR) is 60.5 cm³/mol. The van der Waals surface area contributed by atoms with Gasteiger partial charge in [0.25, 0.3) is 0 Å². The van der Waals surface area contributed by atoms with Gasteiger partial charge in [0.1, 0.15) is 0 Å². The zero-order chi connectivity index (χ0) is 25.0. The molecule has 0 radical (unpaired) electrons. The van der Waals surface area contributed by atoms with Crippen molar-refractivity contribution < 1.29 is 83.0 Å². The van der Waals surface area contributed by atoms with Crippen molar-refractivity contribution in [3.05, 3.63) is 0 Å². The Hall–Kier alpha value is -1.08. The molecule has 2 nitrogen and oxygen atoms in total. The van der Waals surface area contributed by atoms with Crippen molar-refractivity contribution in [3.8, 4) is 0 Å². The summed E-state index contributed by atoms with van der Waals surface area (Å²) < 4.78 is 231. The zero-order valence-corrected chi connectivity index (χ0v) is 14.2. The molecule has 0 rings (SSSR count). The Morgan fingerprint density at radius 3 is 1.07 bits per heavy atom. The molecule has 0 aromatic rings. The van der Waals surface area contributed by atoms with Gasteiger partial charge in [0, 0.05) is 5.75 Å². The highest BCUT2D eigenvalue weighted by Crippen LogP contribution is 2.64. The van der Waals surface area contributed by atoms with Gasteiger partial charge in [-0.3, -0.25) is 0 Å². The van der Waals surface area contributed by atoms with E-state index in [4.69, 9.17) is 0 Å². The van der Waals surface area contributed by atoms with E-state index in [0.717, 1.165) is 0 Å². The second-order valence-corrected chi connectivity index (χ2v) is 6.49. The second kappa shape index (κ2) is 7.51. The monoisotopic (exact) mass is 512 g/mol. The summed E-state index contributed by atoms with van der Waals surface area (Å²) in [6.45, 7) is 0.588. The highest BCUT2D eigenvalue weighted by Gasteiger charge is 2.95. The van der Waals surface area contributed by atoms with Crippen molar-refractivity contribution in [3.63, 3.8) is 0 Å². The van der Waals surface area contributed by atoms with Gasteiger partial charge in [-0.05, 0) is 0 Å². The summed E-state index contributed by atoms with van der Waals surface area (Å²) in [7, 11) is 0. The fraction of sp³-hybridized carbons (Fsp3) is 1.00. The normalized spacial score (nSPS) is 17.3. The average molecular weight is 512 g/mol. The molecular formula is C10H5F17O2S. The van der Waals surface area contributed by atoms with Crippen molar-refractivity contribution in [2.75, 3.05) is 5.75 Å². The van der Waals surface area contributed by atoms with Crippen molar-refractivity contribution in [1.29, 1.82) is 0 Å². The lowest BCUT2D eigenvalue weighted by Crippen LogP contribution is -2.74. The van der Waals surface area contributed by atoms with Crippen LogP contribution in [0.1, 0.15) is 6.92 Å². The fourth-order valence-corrected chi connectivity index (χ4v) is 1.83. The second-order valence-electron chi connectivity index (χ2n) is 5.14. The lowest BCUT2D eigenvalue weighted by molar-refractivity contribution is -0.471. The first-order valence-electron chi connectivity index (χ1n) is 6.50. The summed E-state index contributed by atoms with van der Waals surface area (Å²) in [5, 5.41) is 0. The van der Waals surface area contributed by atoms with Gasteiger partial charge in [-0.15, -0.1) is 0 Å². The van der Waals surface area contributed by atoms with Crippen LogP contribution in [0.15, 0.2) is 0 Å². The Balaban J connectivity index is 6.66. The molecule has 182 valence electrons. The molecule has 20 heteroatoms. The molecule has 0 aromatic carbocycles. The van der Waals surface area contributed by atoms with Gasteiger partial charge < -0.3 is 0 Å². The van der Waals surface area contributed by atoms with Crippen molar-refractivity contribution in [2.45, 2.75) is 54.7 Å². The first kappa shape index (κ1) is 28.9. The Morgan fingerprint density at radius 2 is 0.800 bits per heavy atom. The molecule has 1 atom stereocenters. The van der Waals surface area contributed by atoms with E-state index < -0.39 is 64.7 Å². The molecule has 1 unspecified atom stereocenters. The molecule has 0 bridgehead atoms. The SMILES string of the molecule is CCS(=O)OC(F)(F)C(F)(F)C(F)(F)C(F)(F)C(F)(F)C(F)(F)C(F)(F)C(F)(F)F. The summed E-state index contributed by atoms with van der Waals surface area (Å²) in [4.78, 5) is 0.